The largest absolute Gasteiger partial charge is 0.502 e. The molecule has 2 atom stereocenters. The minimum Gasteiger partial charge on any atom is -0.502 e. The van der Waals surface area contributed by atoms with Crippen LogP contribution in [0.2, 0.25) is 0 Å². The van der Waals surface area contributed by atoms with E-state index in [1.807, 2.05) is 63.1 Å². The van der Waals surface area contributed by atoms with Crippen LogP contribution in [-0.2, 0) is 4.74 Å². The van der Waals surface area contributed by atoms with Gasteiger partial charge in [-0.2, -0.15) is 5.26 Å². The highest BCUT2D eigenvalue weighted by Crippen LogP contribution is 2.28. The van der Waals surface area contributed by atoms with Gasteiger partial charge in [0.25, 0.3) is 0 Å². The Kier molecular flexibility index (Phi) is 14.8. The van der Waals surface area contributed by atoms with Crippen LogP contribution in [0.3, 0.4) is 0 Å². The zero-order valence-electron chi connectivity index (χ0n) is 23.0. The number of aliphatic hydroxyl groups is 1. The van der Waals surface area contributed by atoms with Gasteiger partial charge in [-0.05, 0) is 58.7 Å². The van der Waals surface area contributed by atoms with Crippen LogP contribution >= 0.6 is 0 Å². The third-order valence-corrected chi connectivity index (χ3v) is 5.21. The average molecular weight is 508 g/mol. The van der Waals surface area contributed by atoms with E-state index in [2.05, 4.69) is 29.6 Å². The number of ether oxygens (including phenoxy) is 2. The second-order valence-electron chi connectivity index (χ2n) is 8.33. The van der Waals surface area contributed by atoms with Crippen LogP contribution in [0, 0.1) is 11.3 Å². The lowest BCUT2D eigenvalue weighted by atomic mass is 10.1. The zero-order chi connectivity index (χ0) is 27.6. The minimum absolute atomic E-state index is 0.228. The summed E-state index contributed by atoms with van der Waals surface area (Å²) in [7, 11) is 1.68. The molecule has 1 aliphatic heterocycles. The van der Waals surface area contributed by atoms with Crippen LogP contribution in [0.25, 0.3) is 0 Å². The average Bonchev–Trinajstić information content (AvgIpc) is 2.91. The first-order chi connectivity index (χ1) is 17.8. The van der Waals surface area contributed by atoms with Gasteiger partial charge in [-0.25, -0.2) is 5.01 Å². The standard InChI is InChI=1S/C23H29N5O2.C6H12O/c1-5-7-22(29)11-8-18(3)14-28(27-16-25-15-26-17-27)21-10-9-20(13-24)23(12-21)30-19(4)6-2;1-4-5-6(2)7-3/h5-10,12,16-17,19,22,29H,2,11,14-15H2,1,3-4H3;5H,4H2,1-3H3/b7-5-,18-8+;6-5+. The predicted molar refractivity (Wildman–Crippen MR) is 153 cm³/mol. The summed E-state index contributed by atoms with van der Waals surface area (Å²) in [5, 5.41) is 23.2. The Hall–Kier alpha value is -3.83. The Balaban J connectivity index is 0.000000856. The van der Waals surface area contributed by atoms with Crippen molar-refractivity contribution in [1.29, 1.82) is 5.26 Å². The number of aliphatic imine (C=N–C) groups is 2. The minimum atomic E-state index is -0.508. The number of benzene rings is 1. The summed E-state index contributed by atoms with van der Waals surface area (Å²) >= 11 is 0. The number of nitrogens with zero attached hydrogens (tertiary/aromatic N) is 5. The fourth-order valence-electron chi connectivity index (χ4n) is 3.15. The number of hydrogen-bond donors (Lipinski definition) is 1. The number of nitriles is 1. The molecule has 2 rings (SSSR count). The fraction of sp³-hybridized carbons (Fsp3) is 0.414. The van der Waals surface area contributed by atoms with Gasteiger partial charge in [0, 0.05) is 6.07 Å². The number of allylic oxidation sites excluding steroid dienone is 3. The topological polar surface area (TPSA) is 93.7 Å². The summed E-state index contributed by atoms with van der Waals surface area (Å²) in [5.41, 5.74) is 2.34. The maximum atomic E-state index is 9.95. The molecule has 2 unspecified atom stereocenters. The van der Waals surface area contributed by atoms with Crippen molar-refractivity contribution >= 4 is 18.4 Å². The van der Waals surface area contributed by atoms with Gasteiger partial charge >= 0.3 is 0 Å². The van der Waals surface area contributed by atoms with E-state index in [1.54, 1.807) is 43.0 Å². The molecule has 0 aromatic heterocycles. The molecular formula is C29H41N5O3. The van der Waals surface area contributed by atoms with E-state index in [-0.39, 0.29) is 6.10 Å². The molecule has 8 nitrogen and oxygen atoms in total. The number of rotatable bonds is 12. The molecule has 0 spiro atoms. The quantitative estimate of drug-likeness (QED) is 0.285. The van der Waals surface area contributed by atoms with Crippen LogP contribution in [0.1, 0.15) is 53.0 Å². The van der Waals surface area contributed by atoms with Crippen molar-refractivity contribution in [3.63, 3.8) is 0 Å². The first kappa shape index (κ1) is 31.2. The smallest absolute Gasteiger partial charge is 0.140 e. The molecule has 0 fully saturated rings. The predicted octanol–water partition coefficient (Wildman–Crippen LogP) is 5.78. The van der Waals surface area contributed by atoms with Gasteiger partial charge in [-0.15, -0.1) is 0 Å². The summed E-state index contributed by atoms with van der Waals surface area (Å²) in [5.74, 6) is 1.49. The summed E-state index contributed by atoms with van der Waals surface area (Å²) < 4.78 is 10.7. The SMILES string of the molecule is C=CC(C)Oc1cc(N(C/C(C)=C/CC(O)/C=C\C)N2C=NCN=C2)ccc1C#N.CC/C=C(\C)OC. The van der Waals surface area contributed by atoms with Gasteiger partial charge in [0.15, 0.2) is 0 Å². The van der Waals surface area contributed by atoms with Gasteiger partial charge in [0.05, 0.1) is 36.8 Å². The first-order valence-corrected chi connectivity index (χ1v) is 12.4. The second-order valence-corrected chi connectivity index (χ2v) is 8.33. The molecule has 0 bridgehead atoms. The number of aliphatic hydroxyl groups excluding tert-OH is 1. The van der Waals surface area contributed by atoms with Crippen molar-refractivity contribution < 1.29 is 14.6 Å². The lowest BCUT2D eigenvalue weighted by molar-refractivity contribution is 0.226. The Labute approximate surface area is 222 Å². The molecule has 1 aliphatic rings. The van der Waals surface area contributed by atoms with E-state index >= 15 is 0 Å². The third kappa shape index (κ3) is 11.6. The van der Waals surface area contributed by atoms with Crippen molar-refractivity contribution in [2.24, 2.45) is 9.98 Å². The molecule has 8 heteroatoms. The maximum absolute atomic E-state index is 9.95. The number of methoxy groups -OCH3 is 1. The van der Waals surface area contributed by atoms with Gasteiger partial charge in [-0.3, -0.25) is 15.0 Å². The van der Waals surface area contributed by atoms with Crippen LogP contribution < -0.4 is 9.75 Å². The van der Waals surface area contributed by atoms with E-state index in [9.17, 15) is 10.4 Å². The van der Waals surface area contributed by atoms with E-state index in [4.69, 9.17) is 9.47 Å². The molecule has 0 radical (unpaired) electrons. The molecule has 1 N–H and O–H groups in total. The molecule has 1 aromatic rings. The highest BCUT2D eigenvalue weighted by Gasteiger charge is 2.17. The van der Waals surface area contributed by atoms with Crippen LogP contribution in [0.15, 0.2) is 76.5 Å². The molecule has 0 saturated carbocycles. The Morgan fingerprint density at radius 1 is 1.30 bits per heavy atom. The molecule has 200 valence electrons. The van der Waals surface area contributed by atoms with Crippen LogP contribution in [0.4, 0.5) is 5.69 Å². The molecule has 0 saturated heterocycles. The van der Waals surface area contributed by atoms with Gasteiger partial charge in [-0.1, -0.05) is 43.4 Å². The highest BCUT2D eigenvalue weighted by molar-refractivity contribution is 5.80. The van der Waals surface area contributed by atoms with Crippen molar-refractivity contribution in [2.75, 3.05) is 25.3 Å². The summed E-state index contributed by atoms with van der Waals surface area (Å²) in [4.78, 5) is 8.45. The van der Waals surface area contributed by atoms with E-state index in [0.717, 1.165) is 23.4 Å². The lowest BCUT2D eigenvalue weighted by Gasteiger charge is -2.33. The molecule has 37 heavy (non-hydrogen) atoms. The summed E-state index contributed by atoms with van der Waals surface area (Å²) in [6.45, 7) is 14.5. The van der Waals surface area contributed by atoms with E-state index < -0.39 is 6.10 Å². The summed E-state index contributed by atoms with van der Waals surface area (Å²) in [6.07, 6.45) is 13.6. The molecule has 1 heterocycles. The van der Waals surface area contributed by atoms with Crippen molar-refractivity contribution in [3.8, 4) is 11.8 Å². The normalized spacial score (nSPS) is 14.9. The van der Waals surface area contributed by atoms with Crippen LogP contribution in [0.5, 0.6) is 5.75 Å². The third-order valence-electron chi connectivity index (χ3n) is 5.21. The molecule has 0 aliphatic carbocycles. The monoisotopic (exact) mass is 507 g/mol. The van der Waals surface area contributed by atoms with Crippen molar-refractivity contribution in [3.05, 3.63) is 72.1 Å². The summed E-state index contributed by atoms with van der Waals surface area (Å²) in [6, 6.07) is 7.60. The number of anilines is 1. The van der Waals surface area contributed by atoms with Gasteiger partial charge in [0.1, 0.15) is 37.3 Å². The Morgan fingerprint density at radius 2 is 2.00 bits per heavy atom. The molecular weight excluding hydrogens is 466 g/mol. The van der Waals surface area contributed by atoms with Crippen LogP contribution in [-0.4, -0.2) is 55.3 Å². The lowest BCUT2D eigenvalue weighted by Crippen LogP contribution is -2.43. The van der Waals surface area contributed by atoms with Crippen molar-refractivity contribution in [2.45, 2.75) is 59.7 Å². The zero-order valence-corrected chi connectivity index (χ0v) is 23.0. The Bertz CT molecular complexity index is 1020. The van der Waals surface area contributed by atoms with Gasteiger partial charge in [0.2, 0.25) is 0 Å². The van der Waals surface area contributed by atoms with E-state index in [0.29, 0.717) is 30.9 Å². The van der Waals surface area contributed by atoms with E-state index in [1.165, 1.54) is 0 Å². The molecule has 1 aromatic carbocycles. The Morgan fingerprint density at radius 3 is 2.54 bits per heavy atom. The number of hydrogen-bond acceptors (Lipinski definition) is 8. The first-order valence-electron chi connectivity index (χ1n) is 12.4. The van der Waals surface area contributed by atoms with Crippen molar-refractivity contribution in [1.82, 2.24) is 5.01 Å². The van der Waals surface area contributed by atoms with Gasteiger partial charge < -0.3 is 14.6 Å². The fourth-order valence-corrected chi connectivity index (χ4v) is 3.15. The number of hydrazine groups is 1. The highest BCUT2D eigenvalue weighted by atomic mass is 16.5. The maximum Gasteiger partial charge on any atom is 0.140 e. The molecule has 0 amide bonds. The second kappa shape index (κ2) is 17.6.